The van der Waals surface area contributed by atoms with Crippen LogP contribution in [0.1, 0.15) is 24.0 Å². The Morgan fingerprint density at radius 2 is 1.65 bits per heavy atom. The highest BCUT2D eigenvalue weighted by Crippen LogP contribution is 2.13. The molecule has 26 heavy (non-hydrogen) atoms. The maximum Gasteiger partial charge on any atom is 0.296 e. The highest BCUT2D eigenvalue weighted by molar-refractivity contribution is 7.86. The van der Waals surface area contributed by atoms with Crippen LogP contribution in [0.15, 0.2) is 59.5 Å². The molecule has 2 rings (SSSR count). The fourth-order valence-corrected chi connectivity index (χ4v) is 3.36. The number of hydrogen-bond acceptors (Lipinski definition) is 5. The van der Waals surface area contributed by atoms with E-state index in [2.05, 4.69) is 0 Å². The molecule has 0 aliphatic heterocycles. The van der Waals surface area contributed by atoms with E-state index in [9.17, 15) is 13.5 Å². The molecule has 6 heteroatoms. The normalized spacial score (nSPS) is 12.8. The van der Waals surface area contributed by atoms with Gasteiger partial charge in [-0.05, 0) is 43.9 Å². The summed E-state index contributed by atoms with van der Waals surface area (Å²) in [6.45, 7) is 2.79. The number of aryl methyl sites for hydroxylation is 1. The van der Waals surface area contributed by atoms with E-state index >= 15 is 0 Å². The fourth-order valence-electron chi connectivity index (χ4n) is 2.41. The lowest BCUT2D eigenvalue weighted by molar-refractivity contribution is 0.0762. The van der Waals surface area contributed by atoms with E-state index in [1.54, 1.807) is 12.1 Å². The molecule has 5 nitrogen and oxygen atoms in total. The van der Waals surface area contributed by atoms with Crippen molar-refractivity contribution < 1.29 is 22.4 Å². The first-order valence-corrected chi connectivity index (χ1v) is 10.1. The number of aliphatic hydroxyl groups excluding tert-OH is 1. The highest BCUT2D eigenvalue weighted by Gasteiger charge is 2.14. The summed E-state index contributed by atoms with van der Waals surface area (Å²) in [7, 11) is -3.71. The monoisotopic (exact) mass is 378 g/mol. The lowest BCUT2D eigenvalue weighted by atomic mass is 10.1. The minimum absolute atomic E-state index is 0.0722. The van der Waals surface area contributed by atoms with E-state index in [4.69, 9.17) is 8.92 Å². The molecule has 142 valence electrons. The molecule has 0 aliphatic rings. The Balaban J connectivity index is 1.57. The Bertz CT molecular complexity index is 742. The Labute approximate surface area is 155 Å². The van der Waals surface area contributed by atoms with Gasteiger partial charge in [0.05, 0.1) is 17.6 Å². The molecule has 0 fully saturated rings. The van der Waals surface area contributed by atoms with E-state index in [0.717, 1.165) is 11.1 Å². The van der Waals surface area contributed by atoms with Crippen LogP contribution < -0.4 is 0 Å². The molecule has 0 heterocycles. The van der Waals surface area contributed by atoms with E-state index in [-0.39, 0.29) is 11.5 Å². The fraction of sp³-hybridized carbons (Fsp3) is 0.400. The molecule has 0 bridgehead atoms. The Kier molecular flexibility index (Phi) is 8.25. The smallest absolute Gasteiger partial charge is 0.296 e. The number of ether oxygens (including phenoxy) is 1. The molecule has 1 N–H and O–H groups in total. The lowest BCUT2D eigenvalue weighted by Crippen LogP contribution is -2.14. The number of rotatable bonds is 11. The van der Waals surface area contributed by atoms with Crippen molar-refractivity contribution in [3.05, 3.63) is 65.7 Å². The summed E-state index contributed by atoms with van der Waals surface area (Å²) in [5.74, 6) is 0. The van der Waals surface area contributed by atoms with Crippen LogP contribution >= 0.6 is 0 Å². The van der Waals surface area contributed by atoms with Crippen LogP contribution in [-0.2, 0) is 25.5 Å². The van der Waals surface area contributed by atoms with Crippen molar-refractivity contribution in [2.45, 2.75) is 37.2 Å². The van der Waals surface area contributed by atoms with Gasteiger partial charge in [0, 0.05) is 13.2 Å². The van der Waals surface area contributed by atoms with Crippen LogP contribution in [0.2, 0.25) is 0 Å². The van der Waals surface area contributed by atoms with Gasteiger partial charge in [-0.3, -0.25) is 4.18 Å². The predicted octanol–water partition coefficient (Wildman–Crippen LogP) is 3.10. The summed E-state index contributed by atoms with van der Waals surface area (Å²) < 4.78 is 34.4. The van der Waals surface area contributed by atoms with Gasteiger partial charge in [-0.1, -0.05) is 48.0 Å². The molecule has 1 atom stereocenters. The quantitative estimate of drug-likeness (QED) is 0.480. The third-order valence-electron chi connectivity index (χ3n) is 3.89. The molecule has 0 amide bonds. The number of benzene rings is 2. The zero-order chi connectivity index (χ0) is 18.8. The molecule has 0 radical (unpaired) electrons. The zero-order valence-corrected chi connectivity index (χ0v) is 15.8. The first-order valence-electron chi connectivity index (χ1n) is 8.73. The van der Waals surface area contributed by atoms with Gasteiger partial charge in [-0.2, -0.15) is 8.42 Å². The van der Waals surface area contributed by atoms with Crippen LogP contribution in [0.3, 0.4) is 0 Å². The first-order chi connectivity index (χ1) is 12.5. The predicted molar refractivity (Wildman–Crippen MR) is 101 cm³/mol. The van der Waals surface area contributed by atoms with Crippen LogP contribution in [0, 0.1) is 6.92 Å². The largest absolute Gasteiger partial charge is 0.393 e. The van der Waals surface area contributed by atoms with Crippen molar-refractivity contribution >= 4 is 10.1 Å². The minimum atomic E-state index is -3.71. The van der Waals surface area contributed by atoms with Gasteiger partial charge in [0.15, 0.2) is 0 Å². The van der Waals surface area contributed by atoms with Crippen molar-refractivity contribution in [3.63, 3.8) is 0 Å². The summed E-state index contributed by atoms with van der Waals surface area (Å²) in [6.07, 6.45) is 1.16. The number of aliphatic hydroxyl groups is 1. The summed E-state index contributed by atoms with van der Waals surface area (Å²) >= 11 is 0. The van der Waals surface area contributed by atoms with Crippen LogP contribution in [0.25, 0.3) is 0 Å². The maximum atomic E-state index is 12.0. The van der Waals surface area contributed by atoms with Crippen LogP contribution in [-0.4, -0.2) is 39.4 Å². The molecule has 0 saturated carbocycles. The van der Waals surface area contributed by atoms with E-state index in [1.165, 1.54) is 12.1 Å². The SMILES string of the molecule is Cc1ccc(S(=O)(=O)OCCCOCCC(O)Cc2ccccc2)cc1. The molecule has 0 aromatic heterocycles. The highest BCUT2D eigenvalue weighted by atomic mass is 32.2. The number of hydrogen-bond donors (Lipinski definition) is 1. The van der Waals surface area contributed by atoms with Crippen molar-refractivity contribution in [1.82, 2.24) is 0 Å². The topological polar surface area (TPSA) is 72.8 Å². The summed E-state index contributed by atoms with van der Waals surface area (Å²) in [5.41, 5.74) is 2.08. The van der Waals surface area contributed by atoms with Gasteiger partial charge < -0.3 is 9.84 Å². The van der Waals surface area contributed by atoms with Crippen molar-refractivity contribution in [1.29, 1.82) is 0 Å². The Morgan fingerprint density at radius 1 is 0.962 bits per heavy atom. The van der Waals surface area contributed by atoms with E-state index < -0.39 is 16.2 Å². The molecule has 1 unspecified atom stereocenters. The van der Waals surface area contributed by atoms with Gasteiger partial charge >= 0.3 is 0 Å². The molecular weight excluding hydrogens is 352 g/mol. The van der Waals surface area contributed by atoms with Gasteiger partial charge in [0.1, 0.15) is 0 Å². The lowest BCUT2D eigenvalue weighted by Gasteiger charge is -2.11. The van der Waals surface area contributed by atoms with Crippen molar-refractivity contribution in [2.75, 3.05) is 19.8 Å². The Morgan fingerprint density at radius 3 is 2.35 bits per heavy atom. The molecule has 2 aromatic carbocycles. The van der Waals surface area contributed by atoms with Crippen molar-refractivity contribution in [3.8, 4) is 0 Å². The van der Waals surface area contributed by atoms with E-state index in [1.807, 2.05) is 37.3 Å². The molecule has 2 aromatic rings. The third kappa shape index (κ3) is 7.25. The molecule has 0 aliphatic carbocycles. The molecular formula is C20H26O5S. The van der Waals surface area contributed by atoms with Crippen molar-refractivity contribution in [2.24, 2.45) is 0 Å². The van der Waals surface area contributed by atoms with Gasteiger partial charge in [0.2, 0.25) is 0 Å². The second-order valence-corrected chi connectivity index (χ2v) is 7.80. The van der Waals surface area contributed by atoms with E-state index in [0.29, 0.717) is 32.5 Å². The second kappa shape index (κ2) is 10.4. The Hall–Kier alpha value is -1.73. The molecule has 0 saturated heterocycles. The average molecular weight is 378 g/mol. The first kappa shape index (κ1) is 20.6. The van der Waals surface area contributed by atoms with Gasteiger partial charge in [-0.25, -0.2) is 0 Å². The standard InChI is InChI=1S/C20H26O5S/c1-17-8-10-20(11-9-17)26(22,23)25-14-5-13-24-15-12-19(21)16-18-6-3-2-4-7-18/h2-4,6-11,19,21H,5,12-16H2,1H3. The average Bonchev–Trinajstić information content (AvgIpc) is 2.62. The minimum Gasteiger partial charge on any atom is -0.393 e. The third-order valence-corrected chi connectivity index (χ3v) is 5.22. The summed E-state index contributed by atoms with van der Waals surface area (Å²) in [4.78, 5) is 0.160. The van der Waals surface area contributed by atoms with Crippen LogP contribution in [0.5, 0.6) is 0 Å². The van der Waals surface area contributed by atoms with Gasteiger partial charge in [-0.15, -0.1) is 0 Å². The maximum absolute atomic E-state index is 12.0. The van der Waals surface area contributed by atoms with Crippen LogP contribution in [0.4, 0.5) is 0 Å². The van der Waals surface area contributed by atoms with Gasteiger partial charge in [0.25, 0.3) is 10.1 Å². The second-order valence-electron chi connectivity index (χ2n) is 6.19. The molecule has 0 spiro atoms. The summed E-state index contributed by atoms with van der Waals surface area (Å²) in [6, 6.07) is 16.4. The zero-order valence-electron chi connectivity index (χ0n) is 15.0. The summed E-state index contributed by atoms with van der Waals surface area (Å²) in [5, 5.41) is 9.97.